The van der Waals surface area contributed by atoms with Crippen molar-refractivity contribution in [2.45, 2.75) is 0 Å². The lowest BCUT2D eigenvalue weighted by atomic mass is 10.3. The summed E-state index contributed by atoms with van der Waals surface area (Å²) < 4.78 is 6.47. The summed E-state index contributed by atoms with van der Waals surface area (Å²) in [5.41, 5.74) is 0. The Labute approximate surface area is 127 Å². The molecule has 0 radical (unpaired) electrons. The minimum absolute atomic E-state index is 0. The third-order valence-electron chi connectivity index (χ3n) is 1.19. The predicted molar refractivity (Wildman–Crippen MR) is 71.2 cm³/mol. The van der Waals surface area contributed by atoms with Crippen molar-refractivity contribution in [1.29, 1.82) is 0 Å². The molecule has 0 saturated heterocycles. The zero-order chi connectivity index (χ0) is 11.5. The van der Waals surface area contributed by atoms with E-state index in [1.807, 2.05) is 0 Å². The molecule has 0 spiro atoms. The van der Waals surface area contributed by atoms with Crippen molar-refractivity contribution >= 4 is 87.2 Å². The van der Waals surface area contributed by atoms with Gasteiger partial charge in [0.15, 0.2) is 23.1 Å². The number of hydrogen-bond acceptors (Lipinski definition) is 2. The highest BCUT2D eigenvalue weighted by Crippen LogP contribution is 2.47. The molecule has 0 heterocycles. The first-order valence-electron chi connectivity index (χ1n) is 2.84. The van der Waals surface area contributed by atoms with Crippen LogP contribution in [0, 0.1) is 0 Å². The van der Waals surface area contributed by atoms with E-state index in [0.29, 0.717) is 0 Å². The second-order valence-electron chi connectivity index (χ2n) is 1.92. The molecular formula is C6H5AlCl6O2. The topological polar surface area (TPSA) is 40.5 Å². The minimum atomic E-state index is -0.363. The number of phenols is 1. The van der Waals surface area contributed by atoms with Crippen LogP contribution in [0.2, 0.25) is 25.1 Å². The molecule has 2 nitrogen and oxygen atoms in total. The zero-order valence-corrected chi connectivity index (χ0v) is 10.7. The Morgan fingerprint density at radius 3 is 1.07 bits per heavy atom. The lowest BCUT2D eigenvalue weighted by Gasteiger charge is -2.06. The normalized spacial score (nSPS) is 8.73. The van der Waals surface area contributed by atoms with Crippen molar-refractivity contribution in [2.24, 2.45) is 0 Å². The van der Waals surface area contributed by atoms with Crippen LogP contribution in [0.3, 0.4) is 0 Å². The Morgan fingerprint density at radius 1 is 0.600 bits per heavy atom. The fraction of sp³-hybridized carbons (Fsp3) is 0. The maximum Gasteiger partial charge on any atom is 0.187 e. The molecule has 1 aromatic carbocycles. The first kappa shape index (κ1) is 18.6. The standard InChI is InChI=1S/C6HCl5O.Al.ClHO.3H/c7-1-2(8)4(10)6(12)5(11)3(1)9;;1-2;;;/h12H;;2H;;;. The molecule has 0 amide bonds. The second kappa shape index (κ2) is 8.36. The van der Waals surface area contributed by atoms with Gasteiger partial charge in [0.25, 0.3) is 0 Å². The molecule has 0 fully saturated rings. The van der Waals surface area contributed by atoms with Crippen LogP contribution >= 0.6 is 69.9 Å². The smallest absolute Gasteiger partial charge is 0.187 e. The molecule has 0 unspecified atom stereocenters. The first-order chi connectivity index (χ1) is 6.46. The Balaban J connectivity index is 0. The monoisotopic (exact) mass is 346 g/mol. The molecule has 0 aromatic heterocycles. The summed E-state index contributed by atoms with van der Waals surface area (Å²) in [7, 11) is 0. The largest absolute Gasteiger partial charge is 0.505 e. The molecule has 1 rings (SSSR count). The Kier molecular flexibility index (Phi) is 10.4. The average molecular weight is 349 g/mol. The lowest BCUT2D eigenvalue weighted by Crippen LogP contribution is -1.78. The highest BCUT2D eigenvalue weighted by molar-refractivity contribution is 6.55. The zero-order valence-electron chi connectivity index (χ0n) is 6.16. The van der Waals surface area contributed by atoms with E-state index in [2.05, 4.69) is 11.9 Å². The van der Waals surface area contributed by atoms with Crippen LogP contribution in [0.15, 0.2) is 0 Å². The van der Waals surface area contributed by atoms with Crippen molar-refractivity contribution < 1.29 is 9.77 Å². The lowest BCUT2D eigenvalue weighted by molar-refractivity contribution is 0.476. The summed E-state index contributed by atoms with van der Waals surface area (Å²) in [6, 6.07) is 0. The second-order valence-corrected chi connectivity index (χ2v) is 3.81. The Bertz CT molecular complexity index is 240. The van der Waals surface area contributed by atoms with Crippen molar-refractivity contribution in [1.82, 2.24) is 0 Å². The van der Waals surface area contributed by atoms with E-state index in [9.17, 15) is 5.11 Å². The summed E-state index contributed by atoms with van der Waals surface area (Å²) in [4.78, 5) is 0. The number of hydrogen-bond donors (Lipinski definition) is 2. The summed E-state index contributed by atoms with van der Waals surface area (Å²) >= 11 is 31.5. The number of aromatic hydroxyl groups is 1. The minimum Gasteiger partial charge on any atom is -0.505 e. The molecule has 2 N–H and O–H groups in total. The van der Waals surface area contributed by atoms with Gasteiger partial charge in [-0.1, -0.05) is 58.0 Å². The maximum absolute atomic E-state index is 9.20. The van der Waals surface area contributed by atoms with Gasteiger partial charge in [-0.15, -0.1) is 0 Å². The molecule has 0 aliphatic carbocycles. The highest BCUT2D eigenvalue weighted by atomic mass is 35.5. The number of phenolic OH excluding ortho intramolecular Hbond substituents is 1. The van der Waals surface area contributed by atoms with Gasteiger partial charge in [0, 0.05) is 0 Å². The van der Waals surface area contributed by atoms with Gasteiger partial charge in [0.1, 0.15) is 10.0 Å². The molecule has 86 valence electrons. The summed E-state index contributed by atoms with van der Waals surface area (Å²) in [6.07, 6.45) is 0. The van der Waals surface area contributed by atoms with E-state index in [1.54, 1.807) is 0 Å². The van der Waals surface area contributed by atoms with E-state index < -0.39 is 0 Å². The molecule has 1 aromatic rings. The number of benzene rings is 1. The van der Waals surface area contributed by atoms with Crippen LogP contribution < -0.4 is 0 Å². The van der Waals surface area contributed by atoms with Gasteiger partial charge in [-0.05, 0) is 0 Å². The van der Waals surface area contributed by atoms with Gasteiger partial charge in [0.05, 0.1) is 26.9 Å². The van der Waals surface area contributed by atoms with Crippen LogP contribution in [0.1, 0.15) is 0 Å². The van der Waals surface area contributed by atoms with Gasteiger partial charge in [-0.25, -0.2) is 0 Å². The molecule has 0 saturated carbocycles. The van der Waals surface area contributed by atoms with Gasteiger partial charge in [0.2, 0.25) is 0 Å². The van der Waals surface area contributed by atoms with E-state index in [0.717, 1.165) is 0 Å². The molecule has 15 heavy (non-hydrogen) atoms. The fourth-order valence-corrected chi connectivity index (χ4v) is 1.72. The van der Waals surface area contributed by atoms with Gasteiger partial charge in [-0.3, -0.25) is 4.66 Å². The maximum atomic E-state index is 9.20. The fourth-order valence-electron chi connectivity index (χ4n) is 0.593. The highest BCUT2D eigenvalue weighted by Gasteiger charge is 2.17. The molecule has 0 bridgehead atoms. The van der Waals surface area contributed by atoms with Crippen LogP contribution in [-0.4, -0.2) is 27.1 Å². The van der Waals surface area contributed by atoms with E-state index >= 15 is 0 Å². The summed E-state index contributed by atoms with van der Waals surface area (Å²) in [6.45, 7) is 0. The summed E-state index contributed by atoms with van der Waals surface area (Å²) in [5.74, 6) is -0.363. The van der Waals surface area contributed by atoms with Crippen LogP contribution in [0.4, 0.5) is 0 Å². The predicted octanol–water partition coefficient (Wildman–Crippen LogP) is 3.61. The molecule has 0 atom stereocenters. The van der Waals surface area contributed by atoms with E-state index in [-0.39, 0.29) is 48.2 Å². The van der Waals surface area contributed by atoms with Gasteiger partial charge >= 0.3 is 0 Å². The molecular weight excluding hydrogens is 344 g/mol. The van der Waals surface area contributed by atoms with E-state index in [4.69, 9.17) is 62.7 Å². The van der Waals surface area contributed by atoms with Crippen molar-refractivity contribution in [3.8, 4) is 5.75 Å². The van der Waals surface area contributed by atoms with Crippen molar-refractivity contribution in [3.63, 3.8) is 0 Å². The SMILES string of the molecule is OCl.Oc1c(Cl)c(Cl)c(Cl)c(Cl)c1Cl.[AlH3]. The first-order valence-corrected chi connectivity index (χ1v) is 5.07. The van der Waals surface area contributed by atoms with Crippen LogP contribution in [0.25, 0.3) is 0 Å². The van der Waals surface area contributed by atoms with Crippen molar-refractivity contribution in [2.75, 3.05) is 0 Å². The van der Waals surface area contributed by atoms with Crippen LogP contribution in [0.5, 0.6) is 5.75 Å². The molecule has 0 aliphatic heterocycles. The Morgan fingerprint density at radius 2 is 0.800 bits per heavy atom. The average Bonchev–Trinajstić information content (AvgIpc) is 2.24. The third kappa shape index (κ3) is 4.20. The molecule has 9 heteroatoms. The van der Waals surface area contributed by atoms with Gasteiger partial charge < -0.3 is 5.11 Å². The Hall–Kier alpha value is 1.25. The quantitative estimate of drug-likeness (QED) is 0.427. The number of rotatable bonds is 0. The van der Waals surface area contributed by atoms with Gasteiger partial charge in [-0.2, -0.15) is 0 Å². The van der Waals surface area contributed by atoms with Crippen LogP contribution in [-0.2, 0) is 0 Å². The van der Waals surface area contributed by atoms with Crippen molar-refractivity contribution in [3.05, 3.63) is 25.1 Å². The third-order valence-corrected chi connectivity index (χ3v) is 3.44. The summed E-state index contributed by atoms with van der Waals surface area (Å²) in [5, 5.41) is 9.01. The molecule has 0 aliphatic rings. The van der Waals surface area contributed by atoms with E-state index in [1.165, 1.54) is 0 Å². The number of halogens is 6.